The van der Waals surface area contributed by atoms with E-state index >= 15 is 0 Å². The Balaban J connectivity index is 1.66. The number of nitrogens with zero attached hydrogens (tertiary/aromatic N) is 1. The van der Waals surface area contributed by atoms with Gasteiger partial charge in [0.05, 0.1) is 10.7 Å². The molecular weight excluding hydrogens is 252 g/mol. The van der Waals surface area contributed by atoms with Gasteiger partial charge in [-0.15, -0.1) is 11.3 Å². The third kappa shape index (κ3) is 3.43. The number of likely N-dealkylation sites (N-methyl/N-ethyl adjacent to an activating group) is 1. The summed E-state index contributed by atoms with van der Waals surface area (Å²) in [5.41, 5.74) is 2.56. The van der Waals surface area contributed by atoms with Gasteiger partial charge in [0.1, 0.15) is 0 Å². The molecule has 1 atom stereocenters. The van der Waals surface area contributed by atoms with Crippen molar-refractivity contribution < 1.29 is 0 Å². The van der Waals surface area contributed by atoms with Crippen LogP contribution in [0.3, 0.4) is 0 Å². The average Bonchev–Trinajstić information content (AvgIpc) is 3.15. The van der Waals surface area contributed by atoms with Crippen molar-refractivity contribution >= 4 is 11.3 Å². The van der Waals surface area contributed by atoms with Gasteiger partial charge in [0, 0.05) is 24.3 Å². The maximum Gasteiger partial charge on any atom is 0.0931 e. The van der Waals surface area contributed by atoms with E-state index in [1.165, 1.54) is 35.5 Å². The number of aromatic nitrogens is 1. The fourth-order valence-corrected chi connectivity index (χ4v) is 3.31. The lowest BCUT2D eigenvalue weighted by Crippen LogP contribution is -2.18. The first-order valence-corrected chi connectivity index (χ1v) is 7.88. The van der Waals surface area contributed by atoms with Crippen LogP contribution in [-0.4, -0.2) is 12.0 Å². The molecule has 1 N–H and O–H groups in total. The Bertz CT molecular complexity index is 517. The van der Waals surface area contributed by atoms with E-state index in [9.17, 15) is 0 Å². The first-order valence-electron chi connectivity index (χ1n) is 7.00. The zero-order valence-corrected chi connectivity index (χ0v) is 12.1. The van der Waals surface area contributed by atoms with Crippen LogP contribution in [0.1, 0.15) is 35.1 Å². The molecule has 0 radical (unpaired) electrons. The topological polar surface area (TPSA) is 24.9 Å². The number of benzene rings is 1. The van der Waals surface area contributed by atoms with Crippen molar-refractivity contribution in [3.63, 3.8) is 0 Å². The molecule has 3 rings (SSSR count). The summed E-state index contributed by atoms with van der Waals surface area (Å²) in [4.78, 5) is 4.78. The highest BCUT2D eigenvalue weighted by molar-refractivity contribution is 7.09. The highest BCUT2D eigenvalue weighted by atomic mass is 32.1. The van der Waals surface area contributed by atoms with E-state index in [4.69, 9.17) is 4.98 Å². The molecule has 2 nitrogen and oxygen atoms in total. The molecule has 0 amide bonds. The van der Waals surface area contributed by atoms with Gasteiger partial charge < -0.3 is 5.32 Å². The predicted molar refractivity (Wildman–Crippen MR) is 80.5 cm³/mol. The highest BCUT2D eigenvalue weighted by Crippen LogP contribution is 2.33. The lowest BCUT2D eigenvalue weighted by molar-refractivity contribution is 0.585. The van der Waals surface area contributed by atoms with Crippen molar-refractivity contribution in [3.05, 3.63) is 52.0 Å². The molecule has 1 aliphatic rings. The maximum absolute atomic E-state index is 4.78. The van der Waals surface area contributed by atoms with Gasteiger partial charge in [-0.25, -0.2) is 4.98 Å². The number of nitrogens with one attached hydrogen (secondary N) is 1. The second-order valence-corrected chi connectivity index (χ2v) is 6.28. The van der Waals surface area contributed by atoms with Crippen LogP contribution in [0.15, 0.2) is 35.7 Å². The van der Waals surface area contributed by atoms with E-state index in [0.29, 0.717) is 6.04 Å². The van der Waals surface area contributed by atoms with Gasteiger partial charge in [-0.1, -0.05) is 30.3 Å². The Morgan fingerprint density at radius 3 is 2.79 bits per heavy atom. The van der Waals surface area contributed by atoms with Crippen molar-refractivity contribution in [3.8, 4) is 0 Å². The third-order valence-electron chi connectivity index (χ3n) is 3.72. The summed E-state index contributed by atoms with van der Waals surface area (Å²) in [6.07, 6.45) is 4.97. The van der Waals surface area contributed by atoms with Crippen LogP contribution in [-0.2, 0) is 12.8 Å². The molecule has 1 fully saturated rings. The van der Waals surface area contributed by atoms with Crippen molar-refractivity contribution in [1.82, 2.24) is 10.3 Å². The van der Waals surface area contributed by atoms with E-state index in [1.807, 2.05) is 18.4 Å². The second-order valence-electron chi connectivity index (χ2n) is 5.34. The Hall–Kier alpha value is -1.19. The summed E-state index contributed by atoms with van der Waals surface area (Å²) >= 11 is 1.83. The highest BCUT2D eigenvalue weighted by Gasteiger charge is 2.23. The number of thiazole rings is 1. The van der Waals surface area contributed by atoms with Gasteiger partial charge in [0.25, 0.3) is 0 Å². The number of hydrogen-bond acceptors (Lipinski definition) is 3. The molecule has 0 bridgehead atoms. The second kappa shape index (κ2) is 5.85. The fourth-order valence-electron chi connectivity index (χ4n) is 2.39. The number of hydrogen-bond donors (Lipinski definition) is 1. The third-order valence-corrected chi connectivity index (χ3v) is 4.64. The minimum absolute atomic E-state index is 0.358. The van der Waals surface area contributed by atoms with Crippen LogP contribution < -0.4 is 5.32 Å². The van der Waals surface area contributed by atoms with Gasteiger partial charge in [0.2, 0.25) is 0 Å². The quantitative estimate of drug-likeness (QED) is 0.869. The van der Waals surface area contributed by atoms with E-state index in [2.05, 4.69) is 41.0 Å². The molecule has 1 unspecified atom stereocenters. The molecule has 0 spiro atoms. The van der Waals surface area contributed by atoms with Crippen LogP contribution >= 0.6 is 11.3 Å². The average molecular weight is 272 g/mol. The lowest BCUT2D eigenvalue weighted by Gasteiger charge is -2.15. The zero-order valence-electron chi connectivity index (χ0n) is 11.3. The molecule has 100 valence electrons. The van der Waals surface area contributed by atoms with E-state index in [1.54, 1.807) is 0 Å². The van der Waals surface area contributed by atoms with Gasteiger partial charge in [-0.05, 0) is 31.4 Å². The normalized spacial score (nSPS) is 16.5. The molecule has 19 heavy (non-hydrogen) atoms. The Kier molecular flexibility index (Phi) is 3.95. The fraction of sp³-hybridized carbons (Fsp3) is 0.438. The number of rotatable bonds is 6. The predicted octanol–water partition coefficient (Wildman–Crippen LogP) is 3.60. The summed E-state index contributed by atoms with van der Waals surface area (Å²) in [6, 6.07) is 11.0. The van der Waals surface area contributed by atoms with Gasteiger partial charge in [-0.3, -0.25) is 0 Å². The van der Waals surface area contributed by atoms with Crippen LogP contribution in [0.25, 0.3) is 0 Å². The van der Waals surface area contributed by atoms with E-state index in [-0.39, 0.29) is 0 Å². The summed E-state index contributed by atoms with van der Waals surface area (Å²) in [5, 5.41) is 6.94. The molecule has 1 aliphatic carbocycles. The summed E-state index contributed by atoms with van der Waals surface area (Å²) < 4.78 is 0. The molecule has 1 aromatic heterocycles. The summed E-state index contributed by atoms with van der Waals surface area (Å²) in [6.45, 7) is 0. The van der Waals surface area contributed by atoms with Gasteiger partial charge in [0.15, 0.2) is 0 Å². The SMILES string of the molecule is CNC(Cc1csc(CC2CC2)n1)c1ccccc1. The van der Waals surface area contributed by atoms with Crippen LogP contribution in [0, 0.1) is 5.92 Å². The van der Waals surface area contributed by atoms with Crippen molar-refractivity contribution in [2.24, 2.45) is 5.92 Å². The standard InChI is InChI=1S/C16H20N2S/c1-17-15(13-5-3-2-4-6-13)10-14-11-19-16(18-14)9-12-7-8-12/h2-6,11-12,15,17H,7-10H2,1H3. The molecule has 2 aromatic rings. The Morgan fingerprint density at radius 1 is 1.32 bits per heavy atom. The smallest absolute Gasteiger partial charge is 0.0931 e. The van der Waals surface area contributed by atoms with Crippen LogP contribution in [0.2, 0.25) is 0 Å². The molecule has 0 saturated heterocycles. The minimum Gasteiger partial charge on any atom is -0.313 e. The Morgan fingerprint density at radius 2 is 2.11 bits per heavy atom. The van der Waals surface area contributed by atoms with Crippen LogP contribution in [0.4, 0.5) is 0 Å². The summed E-state index contributed by atoms with van der Waals surface area (Å²) in [7, 11) is 2.02. The largest absolute Gasteiger partial charge is 0.313 e. The molecule has 1 heterocycles. The summed E-state index contributed by atoms with van der Waals surface area (Å²) in [5.74, 6) is 0.924. The van der Waals surface area contributed by atoms with Crippen molar-refractivity contribution in [2.75, 3.05) is 7.05 Å². The lowest BCUT2D eigenvalue weighted by atomic mass is 10.0. The first kappa shape index (κ1) is 12.8. The van der Waals surface area contributed by atoms with Crippen LogP contribution in [0.5, 0.6) is 0 Å². The molecule has 3 heteroatoms. The maximum atomic E-state index is 4.78. The molecule has 1 aromatic carbocycles. The first-order chi connectivity index (χ1) is 9.35. The molecule has 1 saturated carbocycles. The van der Waals surface area contributed by atoms with Gasteiger partial charge >= 0.3 is 0 Å². The molecular formula is C16H20N2S. The van der Waals surface area contributed by atoms with Crippen molar-refractivity contribution in [2.45, 2.75) is 31.7 Å². The van der Waals surface area contributed by atoms with E-state index < -0.39 is 0 Å². The van der Waals surface area contributed by atoms with Gasteiger partial charge in [-0.2, -0.15) is 0 Å². The minimum atomic E-state index is 0.358. The van der Waals surface area contributed by atoms with Crippen molar-refractivity contribution in [1.29, 1.82) is 0 Å². The molecule has 0 aliphatic heterocycles. The Labute approximate surface area is 118 Å². The monoisotopic (exact) mass is 272 g/mol. The van der Waals surface area contributed by atoms with E-state index in [0.717, 1.165) is 12.3 Å². The zero-order chi connectivity index (χ0) is 13.1.